The first-order chi connectivity index (χ1) is 11.6. The van der Waals surface area contributed by atoms with Crippen molar-refractivity contribution in [2.75, 3.05) is 5.75 Å². The molecule has 1 nitrogen and oxygen atoms in total. The van der Waals surface area contributed by atoms with Crippen LogP contribution in [0.15, 0.2) is 72.0 Å². The largest absolute Gasteiger partial charge is 0.402 e. The van der Waals surface area contributed by atoms with Gasteiger partial charge in [0, 0.05) is 28.1 Å². The first-order valence-electron chi connectivity index (χ1n) is 8.10. The predicted molar refractivity (Wildman–Crippen MR) is 107 cm³/mol. The van der Waals surface area contributed by atoms with E-state index >= 15 is 0 Å². The average Bonchev–Trinajstić information content (AvgIpc) is 2.85. The molecule has 0 radical (unpaired) electrons. The number of halogens is 1. The highest BCUT2D eigenvalue weighted by atomic mass is 35.5. The number of benzene rings is 2. The predicted octanol–water partition coefficient (Wildman–Crippen LogP) is 5.84. The van der Waals surface area contributed by atoms with E-state index in [0.717, 1.165) is 28.6 Å². The Bertz CT molecular complexity index is 777. The smallest absolute Gasteiger partial charge is 0.0446 e. The van der Waals surface area contributed by atoms with Crippen molar-refractivity contribution < 1.29 is 0 Å². The third kappa shape index (κ3) is 3.71. The fraction of sp³-hybridized carbons (Fsp3) is 0.238. The first kappa shape index (κ1) is 17.2. The average molecular weight is 356 g/mol. The molecule has 3 rings (SSSR count). The maximum Gasteiger partial charge on any atom is 0.0446 e. The lowest BCUT2D eigenvalue weighted by atomic mass is 9.91. The van der Waals surface area contributed by atoms with Crippen LogP contribution in [0.25, 0.3) is 0 Å². The Hall–Kier alpha value is -1.64. The van der Waals surface area contributed by atoms with Crippen LogP contribution in [0.5, 0.6) is 0 Å². The Morgan fingerprint density at radius 2 is 1.83 bits per heavy atom. The van der Waals surface area contributed by atoms with Crippen molar-refractivity contribution in [3.63, 3.8) is 0 Å². The van der Waals surface area contributed by atoms with Gasteiger partial charge in [-0.3, -0.25) is 0 Å². The van der Waals surface area contributed by atoms with E-state index in [1.807, 2.05) is 30.0 Å². The second kappa shape index (κ2) is 7.50. The van der Waals surface area contributed by atoms with Gasteiger partial charge in [-0.15, -0.1) is 0 Å². The molecule has 2 N–H and O–H groups in total. The standard InChI is InChI=1S/C21H22ClNS/c1-14-7-9-16(10-8-14)18-11-21(23)19(15(18)2)13-24-12-17-5-3-4-6-20(17)22/h3-10,18H,2,11-13,23H2,1H3. The molecule has 1 aliphatic carbocycles. The Kier molecular flexibility index (Phi) is 5.37. The summed E-state index contributed by atoms with van der Waals surface area (Å²) in [5, 5.41) is 0.828. The summed E-state index contributed by atoms with van der Waals surface area (Å²) in [5.41, 5.74) is 13.4. The van der Waals surface area contributed by atoms with E-state index in [0.29, 0.717) is 5.92 Å². The van der Waals surface area contributed by atoms with Crippen LogP contribution in [0.1, 0.15) is 29.0 Å². The van der Waals surface area contributed by atoms with Gasteiger partial charge in [0.15, 0.2) is 0 Å². The maximum absolute atomic E-state index is 6.32. The Balaban J connectivity index is 1.64. The van der Waals surface area contributed by atoms with Crippen LogP contribution in [0.3, 0.4) is 0 Å². The molecule has 0 saturated heterocycles. The van der Waals surface area contributed by atoms with Crippen molar-refractivity contribution in [2.45, 2.75) is 25.0 Å². The van der Waals surface area contributed by atoms with Gasteiger partial charge in [0.05, 0.1) is 0 Å². The summed E-state index contributed by atoms with van der Waals surface area (Å²) in [5.74, 6) is 2.10. The van der Waals surface area contributed by atoms with E-state index < -0.39 is 0 Å². The van der Waals surface area contributed by atoms with Gasteiger partial charge in [-0.2, -0.15) is 11.8 Å². The molecule has 0 saturated carbocycles. The van der Waals surface area contributed by atoms with Crippen LogP contribution in [0.4, 0.5) is 0 Å². The van der Waals surface area contributed by atoms with E-state index in [1.54, 1.807) is 0 Å². The second-order valence-electron chi connectivity index (χ2n) is 6.28. The molecule has 0 amide bonds. The van der Waals surface area contributed by atoms with Gasteiger partial charge in [-0.1, -0.05) is 66.2 Å². The van der Waals surface area contributed by atoms with Crippen LogP contribution in [-0.2, 0) is 5.75 Å². The molecule has 124 valence electrons. The summed E-state index contributed by atoms with van der Waals surface area (Å²) in [6, 6.07) is 16.7. The molecule has 1 aliphatic rings. The second-order valence-corrected chi connectivity index (χ2v) is 7.67. The van der Waals surface area contributed by atoms with E-state index in [-0.39, 0.29) is 0 Å². The van der Waals surface area contributed by atoms with Crippen molar-refractivity contribution in [3.8, 4) is 0 Å². The summed E-state index contributed by atoms with van der Waals surface area (Å²) in [6.45, 7) is 6.44. The Morgan fingerprint density at radius 3 is 2.54 bits per heavy atom. The number of thioether (sulfide) groups is 1. The molecule has 0 aromatic heterocycles. The van der Waals surface area contributed by atoms with Crippen molar-refractivity contribution >= 4 is 23.4 Å². The van der Waals surface area contributed by atoms with Gasteiger partial charge < -0.3 is 5.73 Å². The topological polar surface area (TPSA) is 26.0 Å². The molecular formula is C21H22ClNS. The lowest BCUT2D eigenvalue weighted by Gasteiger charge is -2.14. The van der Waals surface area contributed by atoms with Crippen LogP contribution in [0, 0.1) is 6.92 Å². The SMILES string of the molecule is C=C1C(CSCc2ccccc2Cl)=C(N)CC1c1ccc(C)cc1. The molecule has 1 unspecified atom stereocenters. The Morgan fingerprint density at radius 1 is 1.12 bits per heavy atom. The fourth-order valence-electron chi connectivity index (χ4n) is 3.06. The lowest BCUT2D eigenvalue weighted by molar-refractivity contribution is 0.833. The number of allylic oxidation sites excluding steroid dienone is 2. The third-order valence-electron chi connectivity index (χ3n) is 4.56. The van der Waals surface area contributed by atoms with Crippen molar-refractivity contribution in [1.82, 2.24) is 0 Å². The van der Waals surface area contributed by atoms with Gasteiger partial charge >= 0.3 is 0 Å². The number of rotatable bonds is 5. The summed E-state index contributed by atoms with van der Waals surface area (Å²) in [6.07, 6.45) is 0.879. The minimum Gasteiger partial charge on any atom is -0.402 e. The maximum atomic E-state index is 6.32. The quantitative estimate of drug-likeness (QED) is 0.729. The monoisotopic (exact) mass is 355 g/mol. The van der Waals surface area contributed by atoms with Gasteiger partial charge in [-0.05, 0) is 41.7 Å². The summed E-state index contributed by atoms with van der Waals surface area (Å²) < 4.78 is 0. The van der Waals surface area contributed by atoms with Crippen molar-refractivity contribution in [3.05, 3.63) is 93.7 Å². The molecule has 0 aliphatic heterocycles. The number of hydrogen-bond acceptors (Lipinski definition) is 2. The minimum absolute atomic E-state index is 0.321. The summed E-state index contributed by atoms with van der Waals surface area (Å²) in [7, 11) is 0. The molecule has 0 heterocycles. The van der Waals surface area contributed by atoms with Crippen molar-refractivity contribution in [1.29, 1.82) is 0 Å². The highest BCUT2D eigenvalue weighted by molar-refractivity contribution is 7.98. The summed E-state index contributed by atoms with van der Waals surface area (Å²) in [4.78, 5) is 0. The molecular weight excluding hydrogens is 334 g/mol. The Labute approximate surface area is 153 Å². The summed E-state index contributed by atoms with van der Waals surface area (Å²) >= 11 is 8.07. The molecule has 24 heavy (non-hydrogen) atoms. The van der Waals surface area contributed by atoms with Crippen LogP contribution in [-0.4, -0.2) is 5.75 Å². The van der Waals surface area contributed by atoms with E-state index in [4.69, 9.17) is 17.3 Å². The first-order valence-corrected chi connectivity index (χ1v) is 9.64. The van der Waals surface area contributed by atoms with Crippen molar-refractivity contribution in [2.24, 2.45) is 5.73 Å². The molecule has 0 spiro atoms. The molecule has 0 bridgehead atoms. The van der Waals surface area contributed by atoms with Crippen LogP contribution < -0.4 is 5.73 Å². The molecule has 0 fully saturated rings. The fourth-order valence-corrected chi connectivity index (χ4v) is 4.49. The van der Waals surface area contributed by atoms with Crippen LogP contribution >= 0.6 is 23.4 Å². The van der Waals surface area contributed by atoms with Gasteiger partial charge in [0.2, 0.25) is 0 Å². The van der Waals surface area contributed by atoms with Gasteiger partial charge in [-0.25, -0.2) is 0 Å². The van der Waals surface area contributed by atoms with Crippen LogP contribution in [0.2, 0.25) is 5.02 Å². The highest BCUT2D eigenvalue weighted by Crippen LogP contribution is 2.42. The van der Waals surface area contributed by atoms with E-state index in [9.17, 15) is 0 Å². The normalized spacial score (nSPS) is 17.6. The molecule has 2 aromatic carbocycles. The zero-order chi connectivity index (χ0) is 17.1. The number of nitrogens with two attached hydrogens (primary N) is 1. The molecule has 1 atom stereocenters. The van der Waals surface area contributed by atoms with E-state index in [1.165, 1.54) is 27.8 Å². The van der Waals surface area contributed by atoms with Gasteiger partial charge in [0.25, 0.3) is 0 Å². The lowest BCUT2D eigenvalue weighted by Crippen LogP contribution is -1.98. The number of hydrogen-bond donors (Lipinski definition) is 1. The zero-order valence-electron chi connectivity index (χ0n) is 13.9. The van der Waals surface area contributed by atoms with E-state index in [2.05, 4.69) is 43.8 Å². The third-order valence-corrected chi connectivity index (χ3v) is 5.94. The number of aryl methyl sites for hydroxylation is 1. The zero-order valence-corrected chi connectivity index (χ0v) is 15.5. The van der Waals surface area contributed by atoms with Gasteiger partial charge in [0.1, 0.15) is 0 Å². The minimum atomic E-state index is 0.321. The highest BCUT2D eigenvalue weighted by Gasteiger charge is 2.27. The molecule has 3 heteroatoms. The molecule has 2 aromatic rings.